The third kappa shape index (κ3) is 3.07. The molecule has 1 aromatic carbocycles. The van der Waals surface area contributed by atoms with Gasteiger partial charge in [0.15, 0.2) is 9.84 Å². The van der Waals surface area contributed by atoms with E-state index in [1.54, 1.807) is 0 Å². The molecular formula is C12H17N3O4S. The minimum absolute atomic E-state index is 0.0459. The van der Waals surface area contributed by atoms with Crippen LogP contribution in [0.15, 0.2) is 23.1 Å². The number of nitrogens with zero attached hydrogens (tertiary/aromatic N) is 2. The second-order valence-corrected chi connectivity index (χ2v) is 7.01. The molecule has 0 aliphatic carbocycles. The Morgan fingerprint density at radius 3 is 2.70 bits per heavy atom. The number of nitro groups is 1. The smallest absolute Gasteiger partial charge is 0.271 e. The molecule has 1 aromatic rings. The Hall–Kier alpha value is -1.67. The zero-order valence-corrected chi connectivity index (χ0v) is 12.0. The van der Waals surface area contributed by atoms with E-state index in [0.29, 0.717) is 18.8 Å². The maximum atomic E-state index is 11.8. The van der Waals surface area contributed by atoms with Gasteiger partial charge in [0, 0.05) is 37.5 Å². The van der Waals surface area contributed by atoms with Crippen molar-refractivity contribution in [2.75, 3.05) is 24.2 Å². The first-order chi connectivity index (χ1) is 9.29. The van der Waals surface area contributed by atoms with Gasteiger partial charge in [-0.05, 0) is 18.9 Å². The van der Waals surface area contributed by atoms with Crippen LogP contribution in [-0.2, 0) is 9.84 Å². The van der Waals surface area contributed by atoms with Crippen LogP contribution in [0.5, 0.6) is 0 Å². The van der Waals surface area contributed by atoms with Crippen molar-refractivity contribution in [3.05, 3.63) is 28.3 Å². The van der Waals surface area contributed by atoms with E-state index < -0.39 is 14.8 Å². The van der Waals surface area contributed by atoms with Crippen LogP contribution < -0.4 is 10.6 Å². The molecule has 8 heteroatoms. The summed E-state index contributed by atoms with van der Waals surface area (Å²) in [7, 11) is -3.45. The third-order valence-corrected chi connectivity index (χ3v) is 4.50. The van der Waals surface area contributed by atoms with E-state index in [1.807, 2.05) is 4.90 Å². The molecule has 2 rings (SSSR count). The van der Waals surface area contributed by atoms with Crippen LogP contribution in [-0.4, -0.2) is 38.7 Å². The summed E-state index contributed by atoms with van der Waals surface area (Å²) in [5.41, 5.74) is 6.15. The molecule has 1 aliphatic rings. The van der Waals surface area contributed by atoms with Gasteiger partial charge in [0.25, 0.3) is 5.69 Å². The topological polar surface area (TPSA) is 107 Å². The number of anilines is 1. The van der Waals surface area contributed by atoms with Crippen molar-refractivity contribution in [3.63, 3.8) is 0 Å². The molecule has 7 nitrogen and oxygen atoms in total. The van der Waals surface area contributed by atoms with Gasteiger partial charge in [-0.1, -0.05) is 0 Å². The highest BCUT2D eigenvalue weighted by Gasteiger charge is 2.25. The predicted molar refractivity (Wildman–Crippen MR) is 75.6 cm³/mol. The number of piperidine rings is 1. The lowest BCUT2D eigenvalue weighted by atomic mass is 10.1. The minimum atomic E-state index is -3.45. The van der Waals surface area contributed by atoms with Crippen LogP contribution in [0.2, 0.25) is 0 Å². The Labute approximate surface area is 117 Å². The quantitative estimate of drug-likeness (QED) is 0.657. The number of non-ortho nitro benzene ring substituents is 1. The van der Waals surface area contributed by atoms with Crippen molar-refractivity contribution < 1.29 is 13.3 Å². The highest BCUT2D eigenvalue weighted by molar-refractivity contribution is 7.90. The van der Waals surface area contributed by atoms with Crippen molar-refractivity contribution >= 4 is 21.2 Å². The molecule has 110 valence electrons. The average molecular weight is 299 g/mol. The fraction of sp³-hybridized carbons (Fsp3) is 0.500. The van der Waals surface area contributed by atoms with Gasteiger partial charge in [-0.2, -0.15) is 0 Å². The molecule has 0 amide bonds. The van der Waals surface area contributed by atoms with Gasteiger partial charge >= 0.3 is 0 Å². The second-order valence-electron chi connectivity index (χ2n) is 5.03. The first kappa shape index (κ1) is 14.7. The molecule has 1 atom stereocenters. The summed E-state index contributed by atoms with van der Waals surface area (Å²) in [6.45, 7) is 1.15. The molecule has 1 unspecified atom stereocenters. The summed E-state index contributed by atoms with van der Waals surface area (Å²) >= 11 is 0. The molecule has 0 radical (unpaired) electrons. The molecule has 1 fully saturated rings. The van der Waals surface area contributed by atoms with E-state index in [9.17, 15) is 18.5 Å². The highest BCUT2D eigenvalue weighted by atomic mass is 32.2. The number of nitro benzene ring substituents is 1. The normalized spacial score (nSPS) is 19.9. The first-order valence-corrected chi connectivity index (χ1v) is 8.17. The molecule has 1 saturated heterocycles. The van der Waals surface area contributed by atoms with E-state index in [0.717, 1.165) is 19.1 Å². The second kappa shape index (κ2) is 5.37. The lowest BCUT2D eigenvalue weighted by molar-refractivity contribution is -0.384. The Morgan fingerprint density at radius 2 is 2.15 bits per heavy atom. The SMILES string of the molecule is CS(=O)(=O)c1ccc([N+](=O)[O-])cc1N1CCCC(N)C1. The summed E-state index contributed by atoms with van der Waals surface area (Å²) < 4.78 is 23.7. The fourth-order valence-electron chi connectivity index (χ4n) is 2.41. The van der Waals surface area contributed by atoms with Gasteiger partial charge in [0.2, 0.25) is 0 Å². The van der Waals surface area contributed by atoms with Gasteiger partial charge in [-0.25, -0.2) is 8.42 Å². The number of hydrogen-bond donors (Lipinski definition) is 1. The van der Waals surface area contributed by atoms with Crippen molar-refractivity contribution in [2.45, 2.75) is 23.8 Å². The Kier molecular flexibility index (Phi) is 3.96. The van der Waals surface area contributed by atoms with Crippen LogP contribution in [0, 0.1) is 10.1 Å². The first-order valence-electron chi connectivity index (χ1n) is 6.28. The summed E-state index contributed by atoms with van der Waals surface area (Å²) in [5, 5.41) is 10.9. The molecule has 1 heterocycles. The van der Waals surface area contributed by atoms with Gasteiger partial charge in [-0.3, -0.25) is 10.1 Å². The molecule has 0 bridgehead atoms. The number of hydrogen-bond acceptors (Lipinski definition) is 6. The van der Waals surface area contributed by atoms with Gasteiger partial charge in [0.1, 0.15) is 0 Å². The monoisotopic (exact) mass is 299 g/mol. The Morgan fingerprint density at radius 1 is 1.45 bits per heavy atom. The van der Waals surface area contributed by atoms with Crippen LogP contribution >= 0.6 is 0 Å². The molecule has 0 saturated carbocycles. The van der Waals surface area contributed by atoms with Crippen molar-refractivity contribution in [3.8, 4) is 0 Å². The summed E-state index contributed by atoms with van der Waals surface area (Å²) in [6, 6.07) is 3.77. The number of nitrogens with two attached hydrogens (primary N) is 1. The summed E-state index contributed by atoms with van der Waals surface area (Å²) in [5.74, 6) is 0. The number of rotatable bonds is 3. The highest BCUT2D eigenvalue weighted by Crippen LogP contribution is 2.31. The fourth-order valence-corrected chi connectivity index (χ4v) is 3.29. The van der Waals surface area contributed by atoms with Gasteiger partial charge in [-0.15, -0.1) is 0 Å². The van der Waals surface area contributed by atoms with Crippen LogP contribution in [0.25, 0.3) is 0 Å². The zero-order chi connectivity index (χ0) is 14.9. The maximum Gasteiger partial charge on any atom is 0.271 e. The molecule has 0 aromatic heterocycles. The molecule has 2 N–H and O–H groups in total. The largest absolute Gasteiger partial charge is 0.369 e. The minimum Gasteiger partial charge on any atom is -0.369 e. The average Bonchev–Trinajstić information content (AvgIpc) is 2.37. The number of sulfone groups is 1. The van der Waals surface area contributed by atoms with Crippen LogP contribution in [0.3, 0.4) is 0 Å². The van der Waals surface area contributed by atoms with Gasteiger partial charge < -0.3 is 10.6 Å². The summed E-state index contributed by atoms with van der Waals surface area (Å²) in [6.07, 6.45) is 2.81. The predicted octanol–water partition coefficient (Wildman–Crippen LogP) is 0.926. The third-order valence-electron chi connectivity index (χ3n) is 3.35. The van der Waals surface area contributed by atoms with E-state index in [2.05, 4.69) is 0 Å². The van der Waals surface area contributed by atoms with Crippen molar-refractivity contribution in [2.24, 2.45) is 5.73 Å². The van der Waals surface area contributed by atoms with Crippen LogP contribution in [0.1, 0.15) is 12.8 Å². The van der Waals surface area contributed by atoms with Gasteiger partial charge in [0.05, 0.1) is 15.5 Å². The zero-order valence-electron chi connectivity index (χ0n) is 11.2. The molecular weight excluding hydrogens is 282 g/mol. The lowest BCUT2D eigenvalue weighted by Crippen LogP contribution is -2.43. The maximum absolute atomic E-state index is 11.8. The molecule has 0 spiro atoms. The van der Waals surface area contributed by atoms with Crippen molar-refractivity contribution in [1.82, 2.24) is 0 Å². The Balaban J connectivity index is 2.51. The van der Waals surface area contributed by atoms with E-state index in [1.165, 1.54) is 18.2 Å². The lowest BCUT2D eigenvalue weighted by Gasteiger charge is -2.33. The Bertz CT molecular complexity index is 630. The van der Waals surface area contributed by atoms with Crippen LogP contribution in [0.4, 0.5) is 11.4 Å². The van der Waals surface area contributed by atoms with Crippen molar-refractivity contribution in [1.29, 1.82) is 0 Å². The molecule has 1 aliphatic heterocycles. The van der Waals surface area contributed by atoms with E-state index in [-0.39, 0.29) is 16.6 Å². The van der Waals surface area contributed by atoms with E-state index >= 15 is 0 Å². The standard InChI is InChI=1S/C12H17N3O4S/c1-20(18,19)12-5-4-10(15(16)17)7-11(12)14-6-2-3-9(13)8-14/h4-5,7,9H,2-3,6,8,13H2,1H3. The molecule has 20 heavy (non-hydrogen) atoms. The number of benzene rings is 1. The van der Waals surface area contributed by atoms with E-state index in [4.69, 9.17) is 5.73 Å². The summed E-state index contributed by atoms with van der Waals surface area (Å²) in [4.78, 5) is 12.3.